The van der Waals surface area contributed by atoms with Gasteiger partial charge in [-0.05, 0) is 18.2 Å². The van der Waals surface area contributed by atoms with Crippen LogP contribution in [-0.4, -0.2) is 35.1 Å². The number of benzene rings is 1. The van der Waals surface area contributed by atoms with Crippen molar-refractivity contribution in [3.8, 4) is 17.2 Å². The largest absolute Gasteiger partial charge is 0.451 e. The Morgan fingerprint density at radius 2 is 1.72 bits per heavy atom. The number of pyridine rings is 2. The van der Waals surface area contributed by atoms with Gasteiger partial charge in [0.15, 0.2) is 17.2 Å². The highest BCUT2D eigenvalue weighted by Gasteiger charge is 2.40. The summed E-state index contributed by atoms with van der Waals surface area (Å²) in [5.74, 6) is -1.74. The predicted octanol–water partition coefficient (Wildman–Crippen LogP) is 4.03. The molecule has 1 aliphatic rings. The van der Waals surface area contributed by atoms with Crippen molar-refractivity contribution in [2.45, 2.75) is 12.8 Å². The second kappa shape index (κ2) is 9.16. The molecule has 15 heteroatoms. The number of nitrogen functional groups attached to an aromatic ring is 2. The minimum absolute atomic E-state index is 0.0223. The monoisotopic (exact) mass is 510 g/mol. The topological polar surface area (TPSA) is 137 Å². The van der Waals surface area contributed by atoms with Gasteiger partial charge in [-0.1, -0.05) is 0 Å². The van der Waals surface area contributed by atoms with Gasteiger partial charge in [0.05, 0.1) is 23.1 Å². The molecule has 0 atom stereocenters. The molecule has 0 radical (unpaired) electrons. The molecule has 0 aliphatic carbocycles. The number of imide groups is 1. The first kappa shape index (κ1) is 24.4. The maximum absolute atomic E-state index is 13.1. The molecule has 4 rings (SSSR count). The van der Waals surface area contributed by atoms with Crippen LogP contribution < -0.4 is 30.7 Å². The number of hydrogen-bond donors (Lipinski definition) is 2. The molecule has 1 aliphatic heterocycles. The Balaban J connectivity index is 1.66. The first-order valence-corrected chi connectivity index (χ1v) is 9.89. The number of carbonyl (C=O) groups excluding carboxylic acids is 2. The number of halogens is 5. The molecule has 1 aromatic carbocycles. The van der Waals surface area contributed by atoms with E-state index in [0.717, 1.165) is 23.2 Å². The number of nitrogens with two attached hydrogens (primary N) is 2. The first-order chi connectivity index (χ1) is 17.0. The minimum Gasteiger partial charge on any atom is -0.451 e. The number of urea groups is 1. The summed E-state index contributed by atoms with van der Waals surface area (Å²) in [6.07, 6.45) is -1.91. The van der Waals surface area contributed by atoms with Gasteiger partial charge in [0.25, 0.3) is 5.91 Å². The van der Waals surface area contributed by atoms with Gasteiger partial charge in [-0.3, -0.25) is 14.7 Å². The van der Waals surface area contributed by atoms with Crippen molar-refractivity contribution in [1.82, 2.24) is 9.97 Å². The highest BCUT2D eigenvalue weighted by molar-refractivity contribution is 6.27. The Morgan fingerprint density at radius 1 is 0.972 bits per heavy atom. The first-order valence-electron chi connectivity index (χ1n) is 9.89. The van der Waals surface area contributed by atoms with E-state index in [9.17, 15) is 31.5 Å². The number of carbonyl (C=O) groups is 2. The molecule has 3 aromatic rings. The molecule has 3 heterocycles. The molecule has 1 saturated heterocycles. The summed E-state index contributed by atoms with van der Waals surface area (Å²) in [7, 11) is 0. The molecular weight excluding hydrogens is 495 g/mol. The second-order valence-corrected chi connectivity index (χ2v) is 7.25. The van der Waals surface area contributed by atoms with Crippen molar-refractivity contribution in [3.05, 3.63) is 54.5 Å². The summed E-state index contributed by atoms with van der Waals surface area (Å²) in [5.41, 5.74) is 9.71. The Morgan fingerprint density at radius 3 is 2.42 bits per heavy atom. The number of alkyl halides is 5. The van der Waals surface area contributed by atoms with Crippen LogP contribution >= 0.6 is 0 Å². The van der Waals surface area contributed by atoms with Gasteiger partial charge < -0.3 is 20.9 Å². The Bertz CT molecular complexity index is 1340. The van der Waals surface area contributed by atoms with Crippen LogP contribution in [0, 0.1) is 0 Å². The van der Waals surface area contributed by atoms with Crippen molar-refractivity contribution >= 4 is 34.8 Å². The van der Waals surface area contributed by atoms with E-state index >= 15 is 0 Å². The molecule has 10 nitrogen and oxygen atoms in total. The van der Waals surface area contributed by atoms with Crippen LogP contribution in [0.4, 0.5) is 49.6 Å². The number of nitrogens with zero attached hydrogens (tertiary/aromatic N) is 4. The van der Waals surface area contributed by atoms with Gasteiger partial charge in [-0.2, -0.15) is 22.0 Å². The Labute approximate surface area is 198 Å². The summed E-state index contributed by atoms with van der Waals surface area (Å²) in [6, 6.07) is 4.22. The van der Waals surface area contributed by atoms with E-state index in [0.29, 0.717) is 17.2 Å². The van der Waals surface area contributed by atoms with E-state index in [1.165, 1.54) is 18.3 Å². The zero-order valence-electron chi connectivity index (χ0n) is 17.9. The molecular formula is C21H15F5N6O4. The molecule has 0 unspecified atom stereocenters. The van der Waals surface area contributed by atoms with Gasteiger partial charge in [0.1, 0.15) is 18.1 Å². The lowest BCUT2D eigenvalue weighted by atomic mass is 10.2. The van der Waals surface area contributed by atoms with Gasteiger partial charge in [0, 0.05) is 24.5 Å². The van der Waals surface area contributed by atoms with Gasteiger partial charge in [-0.15, -0.1) is 0 Å². The Kier molecular flexibility index (Phi) is 6.22. The van der Waals surface area contributed by atoms with Gasteiger partial charge >= 0.3 is 18.8 Å². The highest BCUT2D eigenvalue weighted by atomic mass is 19.4. The third kappa shape index (κ3) is 4.75. The van der Waals surface area contributed by atoms with Crippen LogP contribution in [0.15, 0.2) is 48.9 Å². The molecule has 4 N–H and O–H groups in total. The van der Waals surface area contributed by atoms with Crippen LogP contribution in [0.3, 0.4) is 0 Å². The molecule has 1 fully saturated rings. The third-order valence-corrected chi connectivity index (χ3v) is 4.93. The van der Waals surface area contributed by atoms with Gasteiger partial charge in [0.2, 0.25) is 0 Å². The van der Waals surface area contributed by atoms with E-state index in [-0.39, 0.29) is 34.4 Å². The van der Waals surface area contributed by atoms with Crippen LogP contribution in [-0.2, 0) is 11.0 Å². The van der Waals surface area contributed by atoms with Crippen molar-refractivity contribution in [2.24, 2.45) is 0 Å². The maximum Gasteiger partial charge on any atom is 0.417 e. The normalized spacial score (nSPS) is 14.1. The zero-order valence-corrected chi connectivity index (χ0v) is 17.9. The predicted molar refractivity (Wildman–Crippen MR) is 116 cm³/mol. The summed E-state index contributed by atoms with van der Waals surface area (Å²) in [5, 5.41) is 0. The van der Waals surface area contributed by atoms with Crippen LogP contribution in [0.5, 0.6) is 17.2 Å². The summed E-state index contributed by atoms with van der Waals surface area (Å²) in [4.78, 5) is 34.1. The summed E-state index contributed by atoms with van der Waals surface area (Å²) in [6.45, 7) is -3.92. The number of rotatable bonds is 6. The van der Waals surface area contributed by atoms with Crippen LogP contribution in [0.2, 0.25) is 0 Å². The SMILES string of the molecule is Nc1nccc(Oc2ccc(N3C(=O)CN(c4cncc(C(F)(F)F)c4)C3=O)cc2OC(F)F)c1N. The van der Waals surface area contributed by atoms with Crippen molar-refractivity contribution in [2.75, 3.05) is 27.8 Å². The van der Waals surface area contributed by atoms with Crippen LogP contribution in [0.1, 0.15) is 5.56 Å². The molecule has 3 amide bonds. The quantitative estimate of drug-likeness (QED) is 0.375. The van der Waals surface area contributed by atoms with Gasteiger partial charge in [-0.25, -0.2) is 14.7 Å². The van der Waals surface area contributed by atoms with E-state index in [1.807, 2.05) is 0 Å². The van der Waals surface area contributed by atoms with E-state index in [2.05, 4.69) is 14.7 Å². The summed E-state index contributed by atoms with van der Waals surface area (Å²) >= 11 is 0. The average molecular weight is 510 g/mol. The van der Waals surface area contributed by atoms with Crippen LogP contribution in [0.25, 0.3) is 0 Å². The lowest BCUT2D eigenvalue weighted by Gasteiger charge is -2.19. The molecule has 188 valence electrons. The maximum atomic E-state index is 13.1. The molecule has 0 bridgehead atoms. The molecule has 0 spiro atoms. The van der Waals surface area contributed by atoms with E-state index in [1.54, 1.807) is 0 Å². The second-order valence-electron chi connectivity index (χ2n) is 7.25. The molecule has 0 saturated carbocycles. The zero-order chi connectivity index (χ0) is 26.2. The fourth-order valence-corrected chi connectivity index (χ4v) is 3.27. The van der Waals surface area contributed by atoms with Crippen molar-refractivity contribution in [1.29, 1.82) is 0 Å². The Hall–Kier alpha value is -4.69. The number of ether oxygens (including phenoxy) is 2. The fourth-order valence-electron chi connectivity index (χ4n) is 3.27. The number of aromatic nitrogens is 2. The summed E-state index contributed by atoms with van der Waals surface area (Å²) < 4.78 is 75.2. The number of hydrogen-bond acceptors (Lipinski definition) is 8. The third-order valence-electron chi connectivity index (χ3n) is 4.93. The van der Waals surface area contributed by atoms with E-state index in [4.69, 9.17) is 16.2 Å². The smallest absolute Gasteiger partial charge is 0.417 e. The lowest BCUT2D eigenvalue weighted by Crippen LogP contribution is -2.33. The van der Waals surface area contributed by atoms with E-state index < -0.39 is 42.6 Å². The minimum atomic E-state index is -4.73. The van der Waals surface area contributed by atoms with Crippen molar-refractivity contribution < 1.29 is 41.0 Å². The standard InChI is InChI=1S/C21H15F5N6O4/c22-19(23)36-15-6-11(1-2-13(15)35-14-3-4-30-18(28)17(14)27)32-16(33)9-31(20(32)34)12-5-10(7-29-8-12)21(24,25)26/h1-8,19H,9,27H2,(H2,28,30). The number of anilines is 4. The fraction of sp³-hybridized carbons (Fsp3) is 0.143. The lowest BCUT2D eigenvalue weighted by molar-refractivity contribution is -0.137. The average Bonchev–Trinajstić information content (AvgIpc) is 3.11. The molecule has 36 heavy (non-hydrogen) atoms. The van der Waals surface area contributed by atoms with Crippen molar-refractivity contribution in [3.63, 3.8) is 0 Å². The highest BCUT2D eigenvalue weighted by Crippen LogP contribution is 2.40. The molecule has 2 aromatic heterocycles. The number of amides is 3.